The Hall–Kier alpha value is -8.00. The maximum absolute atomic E-state index is 13.2. The van der Waals surface area contributed by atoms with E-state index in [0.717, 1.165) is 132 Å². The Morgan fingerprint density at radius 1 is 0.636 bits per heavy atom. The first-order valence-corrected chi connectivity index (χ1v) is 25.8. The predicted molar refractivity (Wildman–Crippen MR) is 294 cm³/mol. The predicted octanol–water partition coefficient (Wildman–Crippen LogP) is 9.18. The van der Waals surface area contributed by atoms with Crippen molar-refractivity contribution in [3.8, 4) is 33.9 Å². The molecule has 2 aliphatic heterocycles. The molecule has 0 aliphatic carbocycles. The first-order valence-electron chi connectivity index (χ1n) is 25.8. The molecule has 0 radical (unpaired) electrons. The molecule has 0 spiro atoms. The number of aryl methyl sites for hydroxylation is 3. The Morgan fingerprint density at radius 3 is 1.58 bits per heavy atom. The lowest BCUT2D eigenvalue weighted by Gasteiger charge is -2.28. The lowest BCUT2D eigenvalue weighted by atomic mass is 9.90. The summed E-state index contributed by atoms with van der Waals surface area (Å²) in [5.74, 6) is 0.557. The summed E-state index contributed by atoms with van der Waals surface area (Å²) in [7, 11) is 0. The number of aromatic nitrogens is 8. The van der Waals surface area contributed by atoms with E-state index in [4.69, 9.17) is 34.3 Å². The zero-order valence-electron chi connectivity index (χ0n) is 45.4. The summed E-state index contributed by atoms with van der Waals surface area (Å²) in [5, 5.41) is 35.1. The van der Waals surface area contributed by atoms with Gasteiger partial charge in [0.25, 0.3) is 0 Å². The van der Waals surface area contributed by atoms with Gasteiger partial charge in [0.1, 0.15) is 22.9 Å². The minimum Gasteiger partial charge on any atom is -0.475 e. The van der Waals surface area contributed by atoms with E-state index in [-0.39, 0.29) is 35.4 Å². The molecule has 8 aromatic rings. The van der Waals surface area contributed by atoms with Crippen LogP contribution in [0.1, 0.15) is 109 Å². The number of nitrogens with two attached hydrogens (primary N) is 1. The fraction of sp³-hybridized carbons (Fsp3) is 0.379. The van der Waals surface area contributed by atoms with Crippen LogP contribution in [0.15, 0.2) is 107 Å². The molecule has 2 aliphatic rings. The SMILES string of the molecule is CC(C)(C)c1oc(C(=O)O)cc1CO.CCc1cc(C(=O)Cc2ccc(C)c(-n3cc(-c4cncc(N5CCOCC5)c4)nn3)c2)oc1C(C)(C)C.Cc1ccc(N)cc1-n1cc(-c2cncc(N3CCOCC3)c2)nn1. The number of furan rings is 2. The third-order valence-electron chi connectivity index (χ3n) is 13.2. The lowest BCUT2D eigenvalue weighted by Crippen LogP contribution is -2.36. The molecule has 404 valence electrons. The first kappa shape index (κ1) is 55.2. The molecule has 8 heterocycles. The molecule has 2 saturated heterocycles. The highest BCUT2D eigenvalue weighted by atomic mass is 16.5. The van der Waals surface area contributed by atoms with E-state index < -0.39 is 5.97 Å². The minimum atomic E-state index is -1.12. The van der Waals surface area contributed by atoms with Gasteiger partial charge in [0.2, 0.25) is 11.5 Å². The molecule has 77 heavy (non-hydrogen) atoms. The van der Waals surface area contributed by atoms with Gasteiger partial charge in [-0.25, -0.2) is 14.2 Å². The number of carboxylic acids is 1. The van der Waals surface area contributed by atoms with Crippen molar-refractivity contribution in [1.29, 1.82) is 0 Å². The van der Waals surface area contributed by atoms with Gasteiger partial charge in [-0.1, -0.05) is 77.1 Å². The summed E-state index contributed by atoms with van der Waals surface area (Å²) in [4.78, 5) is 37.1. The Balaban J connectivity index is 0.000000172. The monoisotopic (exact) mass is 1050 g/mol. The molecule has 19 heteroatoms. The van der Waals surface area contributed by atoms with Crippen molar-refractivity contribution in [2.24, 2.45) is 0 Å². The molecule has 4 N–H and O–H groups in total. The van der Waals surface area contributed by atoms with Gasteiger partial charge >= 0.3 is 5.97 Å². The van der Waals surface area contributed by atoms with Crippen molar-refractivity contribution in [3.05, 3.63) is 149 Å². The zero-order valence-corrected chi connectivity index (χ0v) is 45.4. The highest BCUT2D eigenvalue weighted by molar-refractivity contribution is 5.95. The van der Waals surface area contributed by atoms with Crippen molar-refractivity contribution in [2.45, 2.75) is 92.6 Å². The standard InChI is InChI=1S/C30H35N5O3.C18H20N6O.C10H14O4/c1-6-22-16-28(38-29(22)30(3,4)5)27(36)14-21-8-7-20(2)26(13-21)35-19-25(32-33-35)23-15-24(18-31-17-23)34-9-11-37-12-10-34;1-13-2-3-15(19)9-18(13)24-12-17(21-22-24)14-8-16(11-20-10-14)23-4-6-25-7-5-23;1-10(2,3)8-6(5-11)4-7(14-8)9(12)13/h7-8,13,15-19H,6,9-12,14H2,1-5H3;2-3,8-12H,4-7,19H2,1H3;4,11H,5H2,1-3H3,(H,12,13). The quantitative estimate of drug-likeness (QED) is 0.0763. The number of carboxylic acid groups (broad SMARTS) is 1. The van der Waals surface area contributed by atoms with Crippen molar-refractivity contribution in [2.75, 3.05) is 68.1 Å². The molecule has 0 atom stereocenters. The number of Topliss-reactive ketones (excluding diaryl/α,β-unsaturated/α-hetero) is 1. The van der Waals surface area contributed by atoms with Crippen LogP contribution in [0.2, 0.25) is 0 Å². The van der Waals surface area contributed by atoms with Crippen LogP contribution in [-0.4, -0.2) is 115 Å². The van der Waals surface area contributed by atoms with Crippen LogP contribution in [-0.2, 0) is 39.8 Å². The highest BCUT2D eigenvalue weighted by Gasteiger charge is 2.27. The van der Waals surface area contributed by atoms with Crippen LogP contribution in [0.3, 0.4) is 0 Å². The summed E-state index contributed by atoms with van der Waals surface area (Å²) < 4.78 is 25.6. The van der Waals surface area contributed by atoms with E-state index in [1.165, 1.54) is 6.07 Å². The molecule has 19 nitrogen and oxygen atoms in total. The molecule has 0 saturated carbocycles. The molecule has 0 bridgehead atoms. The second-order valence-electron chi connectivity index (χ2n) is 21.2. The number of aromatic carboxylic acids is 1. The van der Waals surface area contributed by atoms with E-state index >= 15 is 0 Å². The third-order valence-corrected chi connectivity index (χ3v) is 13.2. The Morgan fingerprint density at radius 2 is 1.12 bits per heavy atom. The number of ether oxygens (including phenoxy) is 2. The molecular weight excluding hydrogens is 979 g/mol. The molecular formula is C58H69N11O8. The van der Waals surface area contributed by atoms with Gasteiger partial charge in [-0.2, -0.15) is 0 Å². The molecule has 0 unspecified atom stereocenters. The average molecular weight is 1050 g/mol. The molecule has 2 aromatic carbocycles. The Bertz CT molecular complexity index is 3310. The minimum absolute atomic E-state index is 0.0321. The summed E-state index contributed by atoms with van der Waals surface area (Å²) in [6.45, 7) is 24.3. The van der Waals surface area contributed by atoms with Gasteiger partial charge < -0.3 is 44.1 Å². The normalized spacial score (nSPS) is 13.9. The summed E-state index contributed by atoms with van der Waals surface area (Å²) in [6.07, 6.45) is 12.3. The van der Waals surface area contributed by atoms with Gasteiger partial charge in [0.05, 0.1) is 80.6 Å². The highest BCUT2D eigenvalue weighted by Crippen LogP contribution is 2.32. The number of carbonyl (C=O) groups is 2. The molecule has 2 fully saturated rings. The summed E-state index contributed by atoms with van der Waals surface area (Å²) >= 11 is 0. The molecule has 0 amide bonds. The maximum atomic E-state index is 13.2. The van der Waals surface area contributed by atoms with E-state index in [9.17, 15) is 9.59 Å². The largest absolute Gasteiger partial charge is 0.475 e. The van der Waals surface area contributed by atoms with Crippen molar-refractivity contribution >= 4 is 28.8 Å². The number of aliphatic hydroxyl groups is 1. The molecule has 6 aromatic heterocycles. The number of aliphatic hydroxyl groups excluding tert-OH is 1. The number of ketones is 1. The van der Waals surface area contributed by atoms with Crippen LogP contribution >= 0.6 is 0 Å². The van der Waals surface area contributed by atoms with Gasteiger partial charge in [0.15, 0.2) is 5.76 Å². The van der Waals surface area contributed by atoms with Crippen LogP contribution in [0.5, 0.6) is 0 Å². The Labute approximate surface area is 448 Å². The lowest BCUT2D eigenvalue weighted by molar-refractivity contribution is 0.0658. The smallest absolute Gasteiger partial charge is 0.371 e. The number of rotatable bonds is 12. The van der Waals surface area contributed by atoms with Crippen LogP contribution in [0.4, 0.5) is 17.1 Å². The maximum Gasteiger partial charge on any atom is 0.371 e. The van der Waals surface area contributed by atoms with Crippen LogP contribution in [0, 0.1) is 13.8 Å². The van der Waals surface area contributed by atoms with Gasteiger partial charge in [-0.3, -0.25) is 14.8 Å². The number of morpholine rings is 2. The zero-order chi connectivity index (χ0) is 55.0. The van der Waals surface area contributed by atoms with Crippen LogP contribution in [0.25, 0.3) is 33.9 Å². The summed E-state index contributed by atoms with van der Waals surface area (Å²) in [5.41, 5.74) is 18.1. The van der Waals surface area contributed by atoms with Crippen LogP contribution < -0.4 is 15.5 Å². The fourth-order valence-electron chi connectivity index (χ4n) is 9.06. The topological polar surface area (TPSA) is 239 Å². The number of nitrogens with zero attached hydrogens (tertiary/aromatic N) is 10. The Kier molecular flexibility index (Phi) is 17.1. The number of carbonyl (C=O) groups excluding carboxylic acids is 1. The number of pyridine rings is 2. The van der Waals surface area contributed by atoms with E-state index in [2.05, 4.69) is 80.2 Å². The second kappa shape index (κ2) is 23.9. The second-order valence-corrected chi connectivity index (χ2v) is 21.2. The van der Waals surface area contributed by atoms with Crippen molar-refractivity contribution < 1.29 is 38.1 Å². The fourth-order valence-corrected chi connectivity index (χ4v) is 9.06. The van der Waals surface area contributed by atoms with E-state index in [1.807, 2.05) is 108 Å². The van der Waals surface area contributed by atoms with E-state index in [1.54, 1.807) is 15.6 Å². The number of benzene rings is 2. The number of hydrogen-bond acceptors (Lipinski definition) is 16. The van der Waals surface area contributed by atoms with Crippen molar-refractivity contribution in [1.82, 2.24) is 40.0 Å². The van der Waals surface area contributed by atoms with E-state index in [0.29, 0.717) is 22.8 Å². The van der Waals surface area contributed by atoms with Gasteiger partial charge in [0, 0.05) is 78.2 Å². The molecule has 10 rings (SSSR count). The average Bonchev–Trinajstić information content (AvgIpc) is 4.30. The number of anilines is 3. The first-order chi connectivity index (χ1) is 36.8. The third kappa shape index (κ3) is 13.5. The number of nitrogen functional groups attached to an aromatic ring is 1. The number of hydrogen-bond donors (Lipinski definition) is 3. The van der Waals surface area contributed by atoms with Gasteiger partial charge in [-0.15, -0.1) is 10.2 Å². The van der Waals surface area contributed by atoms with Crippen molar-refractivity contribution in [3.63, 3.8) is 0 Å². The van der Waals surface area contributed by atoms with Gasteiger partial charge in [-0.05, 0) is 85.0 Å². The summed E-state index contributed by atoms with van der Waals surface area (Å²) in [6, 6.07) is 19.2.